The van der Waals surface area contributed by atoms with Crippen LogP contribution in [0.3, 0.4) is 0 Å². The van der Waals surface area contributed by atoms with E-state index in [0.717, 1.165) is 20.3 Å². The van der Waals surface area contributed by atoms with Gasteiger partial charge in [-0.3, -0.25) is 0 Å². The molecule has 8 nitrogen and oxygen atoms in total. The van der Waals surface area contributed by atoms with Crippen molar-refractivity contribution in [3.05, 3.63) is 24.0 Å². The highest BCUT2D eigenvalue weighted by molar-refractivity contribution is 5.90. The molecule has 0 aromatic heterocycles. The predicted octanol–water partition coefficient (Wildman–Crippen LogP) is -1.75. The number of aliphatic hydroxyl groups is 3. The van der Waals surface area contributed by atoms with Gasteiger partial charge in [-0.2, -0.15) is 0 Å². The molecule has 0 aliphatic heterocycles. The van der Waals surface area contributed by atoms with Gasteiger partial charge in [-0.1, -0.05) is 0 Å². The number of rotatable bonds is 4. The van der Waals surface area contributed by atoms with Gasteiger partial charge in [0.15, 0.2) is 5.76 Å². The molecule has 0 aromatic carbocycles. The van der Waals surface area contributed by atoms with E-state index in [2.05, 4.69) is 16.1 Å². The van der Waals surface area contributed by atoms with E-state index in [1.807, 2.05) is 0 Å². The number of carbonyl (C=O) groups excluding carboxylic acids is 2. The fourth-order valence-electron chi connectivity index (χ4n) is 1.68. The van der Waals surface area contributed by atoms with Gasteiger partial charge in [-0.05, 0) is 12.7 Å². The Kier molecular flexibility index (Phi) is 5.26. The normalized spacial score (nSPS) is 29.1. The number of esters is 2. The molecule has 0 unspecified atom stereocenters. The summed E-state index contributed by atoms with van der Waals surface area (Å²) in [5.74, 6) is -2.17. The molecule has 1 rings (SSSR count). The average molecular weight is 288 g/mol. The molecule has 0 spiro atoms. The summed E-state index contributed by atoms with van der Waals surface area (Å²) in [4.78, 5) is 22.6. The largest absolute Gasteiger partial charge is 0.477 e. The molecule has 0 saturated carbocycles. The van der Waals surface area contributed by atoms with Crippen molar-refractivity contribution in [2.24, 2.45) is 0 Å². The summed E-state index contributed by atoms with van der Waals surface area (Å²) in [6.07, 6.45) is -5.05. The maximum Gasteiger partial charge on any atom is 0.372 e. The van der Waals surface area contributed by atoms with Crippen LogP contribution in [0, 0.1) is 0 Å². The third-order valence-electron chi connectivity index (χ3n) is 2.78. The molecule has 0 radical (unpaired) electrons. The van der Waals surface area contributed by atoms with Crippen LogP contribution in [-0.2, 0) is 23.8 Å². The van der Waals surface area contributed by atoms with Gasteiger partial charge in [-0.25, -0.2) is 9.59 Å². The van der Waals surface area contributed by atoms with Crippen LogP contribution in [0.25, 0.3) is 0 Å². The van der Waals surface area contributed by atoms with Gasteiger partial charge in [0.05, 0.1) is 19.8 Å². The van der Waals surface area contributed by atoms with Crippen molar-refractivity contribution in [1.82, 2.24) is 0 Å². The molecule has 4 atom stereocenters. The molecule has 1 aliphatic carbocycles. The third-order valence-corrected chi connectivity index (χ3v) is 2.78. The van der Waals surface area contributed by atoms with Crippen LogP contribution in [-0.4, -0.2) is 65.9 Å². The minimum absolute atomic E-state index is 0.284. The molecule has 0 aromatic rings. The maximum atomic E-state index is 11.4. The van der Waals surface area contributed by atoms with E-state index < -0.39 is 42.1 Å². The van der Waals surface area contributed by atoms with Gasteiger partial charge < -0.3 is 29.5 Å². The first-order chi connectivity index (χ1) is 9.33. The van der Waals surface area contributed by atoms with Gasteiger partial charge in [0, 0.05) is 0 Å². The minimum Gasteiger partial charge on any atom is -0.477 e. The van der Waals surface area contributed by atoms with Crippen LogP contribution in [0.2, 0.25) is 0 Å². The van der Waals surface area contributed by atoms with Gasteiger partial charge >= 0.3 is 11.9 Å². The Morgan fingerprint density at radius 3 is 2.25 bits per heavy atom. The van der Waals surface area contributed by atoms with Crippen LogP contribution in [0.1, 0.15) is 0 Å². The molecule has 8 heteroatoms. The molecule has 0 saturated heterocycles. The van der Waals surface area contributed by atoms with Crippen molar-refractivity contribution in [3.63, 3.8) is 0 Å². The van der Waals surface area contributed by atoms with E-state index >= 15 is 0 Å². The predicted molar refractivity (Wildman–Crippen MR) is 64.1 cm³/mol. The lowest BCUT2D eigenvalue weighted by Gasteiger charge is -2.33. The molecule has 112 valence electrons. The highest BCUT2D eigenvalue weighted by Gasteiger charge is 2.41. The zero-order valence-corrected chi connectivity index (χ0v) is 11.0. The standard InChI is InChI=1S/C12H16O8/c1-5(11(16)18-2)20-7-4-6(12(17)19-3)8(13)10(15)9(7)14/h4,7-10,13-15H,1H2,2-3H3/t7-,8+,9-,10+/m0/s1. The van der Waals surface area contributed by atoms with Crippen LogP contribution < -0.4 is 0 Å². The van der Waals surface area contributed by atoms with E-state index in [9.17, 15) is 24.9 Å². The van der Waals surface area contributed by atoms with Crippen molar-refractivity contribution < 1.29 is 39.1 Å². The quantitative estimate of drug-likeness (QED) is 0.316. The van der Waals surface area contributed by atoms with Gasteiger partial charge in [0.25, 0.3) is 0 Å². The average Bonchev–Trinajstić information content (AvgIpc) is 2.45. The lowest BCUT2D eigenvalue weighted by Crippen LogP contribution is -2.50. The summed E-state index contributed by atoms with van der Waals surface area (Å²) in [6.45, 7) is 3.29. The second-order valence-corrected chi connectivity index (χ2v) is 4.04. The molecular weight excluding hydrogens is 272 g/mol. The second-order valence-electron chi connectivity index (χ2n) is 4.04. The number of carbonyl (C=O) groups is 2. The lowest BCUT2D eigenvalue weighted by molar-refractivity contribution is -0.147. The zero-order chi connectivity index (χ0) is 15.4. The topological polar surface area (TPSA) is 123 Å². The molecule has 20 heavy (non-hydrogen) atoms. The Bertz CT molecular complexity index is 441. The highest BCUT2D eigenvalue weighted by atomic mass is 16.6. The number of ether oxygens (including phenoxy) is 3. The summed E-state index contributed by atoms with van der Waals surface area (Å²) >= 11 is 0. The summed E-state index contributed by atoms with van der Waals surface area (Å²) in [5, 5.41) is 29.1. The van der Waals surface area contributed by atoms with E-state index in [1.165, 1.54) is 0 Å². The fraction of sp³-hybridized carbons (Fsp3) is 0.500. The molecule has 0 amide bonds. The van der Waals surface area contributed by atoms with Crippen molar-refractivity contribution in [3.8, 4) is 0 Å². The first kappa shape index (κ1) is 16.2. The SMILES string of the molecule is C=C(O[C@H]1C=C(C(=O)OC)[C@@H](O)[C@@H](O)[C@H]1O)C(=O)OC. The summed E-state index contributed by atoms with van der Waals surface area (Å²) in [7, 11) is 2.21. The minimum atomic E-state index is -1.68. The van der Waals surface area contributed by atoms with Crippen LogP contribution in [0.5, 0.6) is 0 Å². The van der Waals surface area contributed by atoms with Gasteiger partial charge in [0.1, 0.15) is 24.4 Å². The molecule has 3 N–H and O–H groups in total. The Morgan fingerprint density at radius 2 is 1.75 bits per heavy atom. The Morgan fingerprint density at radius 1 is 1.15 bits per heavy atom. The summed E-state index contributed by atoms with van der Waals surface area (Å²) < 4.78 is 13.8. The zero-order valence-electron chi connectivity index (χ0n) is 11.0. The first-order valence-electron chi connectivity index (χ1n) is 5.61. The third kappa shape index (κ3) is 3.16. The highest BCUT2D eigenvalue weighted by Crippen LogP contribution is 2.24. The van der Waals surface area contributed by atoms with Crippen molar-refractivity contribution in [2.75, 3.05) is 14.2 Å². The van der Waals surface area contributed by atoms with Crippen LogP contribution in [0.4, 0.5) is 0 Å². The first-order valence-corrected chi connectivity index (χ1v) is 5.61. The number of hydrogen-bond donors (Lipinski definition) is 3. The van der Waals surface area contributed by atoms with E-state index in [1.54, 1.807) is 0 Å². The Balaban J connectivity index is 2.99. The molecule has 0 heterocycles. The second kappa shape index (κ2) is 6.51. The molecule has 1 aliphatic rings. The smallest absolute Gasteiger partial charge is 0.372 e. The van der Waals surface area contributed by atoms with Crippen LogP contribution >= 0.6 is 0 Å². The Labute approximate surface area is 114 Å². The van der Waals surface area contributed by atoms with Gasteiger partial charge in [0.2, 0.25) is 0 Å². The number of hydrogen-bond acceptors (Lipinski definition) is 8. The Hall–Kier alpha value is -1.90. The van der Waals surface area contributed by atoms with Gasteiger partial charge in [-0.15, -0.1) is 0 Å². The lowest BCUT2D eigenvalue weighted by atomic mass is 9.89. The number of aliphatic hydroxyl groups excluding tert-OH is 3. The molecule has 0 bridgehead atoms. The van der Waals surface area contributed by atoms with E-state index in [4.69, 9.17) is 4.74 Å². The van der Waals surface area contributed by atoms with Crippen molar-refractivity contribution >= 4 is 11.9 Å². The fourth-order valence-corrected chi connectivity index (χ4v) is 1.68. The van der Waals surface area contributed by atoms with Crippen LogP contribution in [0.15, 0.2) is 24.0 Å². The van der Waals surface area contributed by atoms with E-state index in [-0.39, 0.29) is 5.57 Å². The van der Waals surface area contributed by atoms with Crippen molar-refractivity contribution in [1.29, 1.82) is 0 Å². The van der Waals surface area contributed by atoms with E-state index in [0.29, 0.717) is 0 Å². The maximum absolute atomic E-state index is 11.4. The summed E-state index contributed by atoms with van der Waals surface area (Å²) in [5.41, 5.74) is -0.284. The number of methoxy groups -OCH3 is 2. The monoisotopic (exact) mass is 288 g/mol. The van der Waals surface area contributed by atoms with Crippen molar-refractivity contribution in [2.45, 2.75) is 24.4 Å². The summed E-state index contributed by atoms with van der Waals surface area (Å²) in [6, 6.07) is 0. The molecule has 0 fully saturated rings. The molecular formula is C12H16O8.